The van der Waals surface area contributed by atoms with Gasteiger partial charge in [0.1, 0.15) is 5.92 Å². The number of carboxylic acids is 1. The minimum Gasteiger partial charge on any atom is -0.481 e. The van der Waals surface area contributed by atoms with Crippen LogP contribution in [0.1, 0.15) is 0 Å². The van der Waals surface area contributed by atoms with Crippen LogP contribution in [0.15, 0.2) is 12.7 Å². The maximum atomic E-state index is 10.5. The average Bonchev–Trinajstić information content (AvgIpc) is 1.88. The Balaban J connectivity index is 4.20. The summed E-state index contributed by atoms with van der Waals surface area (Å²) < 4.78 is 0. The highest BCUT2D eigenvalue weighted by Gasteiger charge is 2.21. The van der Waals surface area contributed by atoms with Crippen molar-refractivity contribution in [3.05, 3.63) is 12.7 Å². The molecule has 4 heteroatoms. The number of aliphatic carboxylic acids is 1. The summed E-state index contributed by atoms with van der Waals surface area (Å²) in [6.45, 7) is 2.41. The third kappa shape index (κ3) is 1.99. The molecule has 1 atom stereocenters. The Morgan fingerprint density at radius 3 is 2.20 bits per heavy atom. The predicted molar refractivity (Wildman–Crippen MR) is 33.4 cm³/mol. The van der Waals surface area contributed by atoms with Crippen molar-refractivity contribution >= 4 is 11.8 Å². The van der Waals surface area contributed by atoms with Gasteiger partial charge in [-0.3, -0.25) is 9.59 Å². The molecule has 10 heavy (non-hydrogen) atoms. The maximum absolute atomic E-state index is 10.5. The quantitative estimate of drug-likeness (QED) is 0.409. The molecule has 0 bridgehead atoms. The lowest BCUT2D eigenvalue weighted by atomic mass is 10.1. The van der Waals surface area contributed by atoms with Crippen LogP contribution in [0.25, 0.3) is 0 Å². The summed E-state index contributed by atoms with van der Waals surface area (Å²) in [5.74, 6) is -3.35. The van der Waals surface area contributed by atoms with Gasteiger partial charge in [0, 0.05) is 0 Å². The Morgan fingerprint density at radius 1 is 1.60 bits per heavy atom. The number of allylic oxidation sites excluding steroid dienone is 1. The van der Waals surface area contributed by atoms with Gasteiger partial charge in [-0.1, -0.05) is 6.58 Å². The second-order valence-electron chi connectivity index (χ2n) is 1.68. The molecule has 0 aromatic rings. The lowest BCUT2D eigenvalue weighted by Gasteiger charge is -2.01. The first-order valence-corrected chi connectivity index (χ1v) is 2.63. The summed E-state index contributed by atoms with van der Waals surface area (Å²) in [6.07, 6.45) is 0.884. The van der Waals surface area contributed by atoms with Gasteiger partial charge in [-0.05, 0) is 6.08 Å². The van der Waals surface area contributed by atoms with Gasteiger partial charge in [0.05, 0.1) is 6.61 Å². The lowest BCUT2D eigenvalue weighted by molar-refractivity contribution is -0.146. The number of carboxylic acid groups (broad SMARTS) is 1. The van der Waals surface area contributed by atoms with Crippen LogP contribution in [-0.2, 0) is 9.59 Å². The van der Waals surface area contributed by atoms with E-state index >= 15 is 0 Å². The van der Waals surface area contributed by atoms with E-state index in [9.17, 15) is 9.59 Å². The van der Waals surface area contributed by atoms with E-state index < -0.39 is 24.3 Å². The largest absolute Gasteiger partial charge is 0.481 e. The highest BCUT2D eigenvalue weighted by molar-refractivity contribution is 6.04. The monoisotopic (exact) mass is 144 g/mol. The number of hydrogen-bond acceptors (Lipinski definition) is 3. The van der Waals surface area contributed by atoms with Crippen LogP contribution in [0.4, 0.5) is 0 Å². The number of ketones is 1. The highest BCUT2D eigenvalue weighted by atomic mass is 16.4. The van der Waals surface area contributed by atoms with Gasteiger partial charge >= 0.3 is 5.97 Å². The van der Waals surface area contributed by atoms with Crippen LogP contribution in [0, 0.1) is 5.92 Å². The van der Waals surface area contributed by atoms with Gasteiger partial charge in [-0.15, -0.1) is 0 Å². The van der Waals surface area contributed by atoms with Crippen molar-refractivity contribution in [3.8, 4) is 0 Å². The van der Waals surface area contributed by atoms with E-state index in [1.54, 1.807) is 0 Å². The molecule has 56 valence electrons. The predicted octanol–water partition coefficient (Wildman–Crippen LogP) is -0.565. The van der Waals surface area contributed by atoms with Crippen LogP contribution in [0.2, 0.25) is 0 Å². The second-order valence-corrected chi connectivity index (χ2v) is 1.68. The van der Waals surface area contributed by atoms with Crippen molar-refractivity contribution in [2.45, 2.75) is 0 Å². The Kier molecular flexibility index (Phi) is 3.35. The summed E-state index contributed by atoms with van der Waals surface area (Å²) in [4.78, 5) is 20.6. The summed E-state index contributed by atoms with van der Waals surface area (Å²) in [7, 11) is 0. The zero-order valence-electron chi connectivity index (χ0n) is 5.28. The van der Waals surface area contributed by atoms with E-state index in [4.69, 9.17) is 10.2 Å². The molecular weight excluding hydrogens is 136 g/mol. The molecule has 4 nitrogen and oxygen atoms in total. The second kappa shape index (κ2) is 3.79. The molecule has 0 aliphatic carbocycles. The molecule has 0 aromatic carbocycles. The van der Waals surface area contributed by atoms with Crippen LogP contribution in [0.3, 0.4) is 0 Å². The molecular formula is C6H8O4. The van der Waals surface area contributed by atoms with Crippen molar-refractivity contribution in [1.29, 1.82) is 0 Å². The summed E-state index contributed by atoms with van der Waals surface area (Å²) in [5.41, 5.74) is 0. The Morgan fingerprint density at radius 2 is 2.10 bits per heavy atom. The zero-order valence-corrected chi connectivity index (χ0v) is 5.28. The summed E-state index contributed by atoms with van der Waals surface area (Å²) in [5, 5.41) is 16.6. The fourth-order valence-corrected chi connectivity index (χ4v) is 0.432. The number of aliphatic hydroxyl groups excluding tert-OH is 1. The maximum Gasteiger partial charge on any atom is 0.316 e. The van der Waals surface area contributed by atoms with Crippen LogP contribution < -0.4 is 0 Å². The summed E-state index contributed by atoms with van der Waals surface area (Å²) >= 11 is 0. The fraction of sp³-hybridized carbons (Fsp3) is 0.333. The van der Waals surface area contributed by atoms with E-state index in [2.05, 4.69) is 6.58 Å². The smallest absolute Gasteiger partial charge is 0.316 e. The van der Waals surface area contributed by atoms with Gasteiger partial charge in [0.25, 0.3) is 0 Å². The van der Waals surface area contributed by atoms with Crippen molar-refractivity contribution < 1.29 is 19.8 Å². The van der Waals surface area contributed by atoms with E-state index in [-0.39, 0.29) is 0 Å². The third-order valence-electron chi connectivity index (χ3n) is 1.03. The Hall–Kier alpha value is -1.16. The van der Waals surface area contributed by atoms with Crippen LogP contribution >= 0.6 is 0 Å². The molecule has 0 saturated heterocycles. The molecule has 0 spiro atoms. The first kappa shape index (κ1) is 8.84. The topological polar surface area (TPSA) is 74.6 Å². The van der Waals surface area contributed by atoms with Gasteiger partial charge in [0.2, 0.25) is 0 Å². The number of rotatable bonds is 4. The Labute approximate surface area is 57.8 Å². The van der Waals surface area contributed by atoms with E-state index in [1.165, 1.54) is 0 Å². The standard InChI is InChI=1S/C6H8O4/c1-2-5(8)4(3-7)6(9)10/h2,4,7H,1,3H2,(H,9,10). The molecule has 0 aromatic heterocycles. The normalized spacial score (nSPS) is 12.1. The number of carbonyl (C=O) groups is 2. The molecule has 0 aliphatic rings. The molecule has 0 amide bonds. The first-order chi connectivity index (χ1) is 4.63. The molecule has 0 radical (unpaired) electrons. The molecule has 2 N–H and O–H groups in total. The molecule has 1 unspecified atom stereocenters. The van der Waals surface area contributed by atoms with Crippen molar-refractivity contribution in [3.63, 3.8) is 0 Å². The lowest BCUT2D eigenvalue weighted by Crippen LogP contribution is -2.25. The van der Waals surface area contributed by atoms with Gasteiger partial charge in [-0.2, -0.15) is 0 Å². The highest BCUT2D eigenvalue weighted by Crippen LogP contribution is 1.97. The summed E-state index contributed by atoms with van der Waals surface area (Å²) in [6, 6.07) is 0. The number of hydrogen-bond donors (Lipinski definition) is 2. The molecule has 0 rings (SSSR count). The minimum atomic E-state index is -1.35. The number of aliphatic hydroxyl groups is 1. The van der Waals surface area contributed by atoms with Crippen LogP contribution in [0.5, 0.6) is 0 Å². The molecule has 0 fully saturated rings. The van der Waals surface area contributed by atoms with E-state index in [1.807, 2.05) is 0 Å². The third-order valence-corrected chi connectivity index (χ3v) is 1.03. The fourth-order valence-electron chi connectivity index (χ4n) is 0.432. The van der Waals surface area contributed by atoms with Gasteiger partial charge in [-0.25, -0.2) is 0 Å². The van der Waals surface area contributed by atoms with Crippen molar-refractivity contribution in [2.75, 3.05) is 6.61 Å². The average molecular weight is 144 g/mol. The number of carbonyl (C=O) groups excluding carboxylic acids is 1. The van der Waals surface area contributed by atoms with Crippen molar-refractivity contribution in [2.24, 2.45) is 5.92 Å². The SMILES string of the molecule is C=CC(=O)C(CO)C(=O)O. The van der Waals surface area contributed by atoms with E-state index in [0.29, 0.717) is 0 Å². The zero-order chi connectivity index (χ0) is 8.15. The van der Waals surface area contributed by atoms with E-state index in [0.717, 1.165) is 6.08 Å². The molecule has 0 aliphatic heterocycles. The first-order valence-electron chi connectivity index (χ1n) is 2.63. The van der Waals surface area contributed by atoms with Crippen molar-refractivity contribution in [1.82, 2.24) is 0 Å². The minimum absolute atomic E-state index is 0.671. The van der Waals surface area contributed by atoms with Gasteiger partial charge < -0.3 is 10.2 Å². The Bertz CT molecular complexity index is 161. The molecule has 0 heterocycles. The van der Waals surface area contributed by atoms with Gasteiger partial charge in [0.15, 0.2) is 5.78 Å². The molecule has 0 saturated carbocycles. The van der Waals surface area contributed by atoms with Crippen LogP contribution in [-0.4, -0.2) is 28.6 Å².